The zero-order chi connectivity index (χ0) is 20.2. The summed E-state index contributed by atoms with van der Waals surface area (Å²) in [4.78, 5) is 26.3. The largest absolute Gasteiger partial charge is 0.493 e. The van der Waals surface area contributed by atoms with Crippen molar-refractivity contribution in [2.45, 2.75) is 31.8 Å². The van der Waals surface area contributed by atoms with E-state index in [9.17, 15) is 9.59 Å². The summed E-state index contributed by atoms with van der Waals surface area (Å²) in [5, 5.41) is 5.67. The molecule has 152 valence electrons. The molecule has 1 heterocycles. The second-order valence-corrected chi connectivity index (χ2v) is 7.28. The molecule has 2 aliphatic rings. The SMILES string of the molecule is COc1ccc(NC(=O)c2cccc(N3CCNC3=O)c2)cc1OC1CCCC1. The molecule has 1 saturated heterocycles. The van der Waals surface area contributed by atoms with Crippen LogP contribution in [0.2, 0.25) is 0 Å². The lowest BCUT2D eigenvalue weighted by atomic mass is 10.1. The lowest BCUT2D eigenvalue weighted by Crippen LogP contribution is -2.27. The fourth-order valence-electron chi connectivity index (χ4n) is 3.77. The quantitative estimate of drug-likeness (QED) is 0.780. The van der Waals surface area contributed by atoms with Gasteiger partial charge in [-0.25, -0.2) is 4.79 Å². The molecule has 4 rings (SSSR count). The average Bonchev–Trinajstić information content (AvgIpc) is 3.40. The van der Waals surface area contributed by atoms with Crippen molar-refractivity contribution >= 4 is 23.3 Å². The number of amides is 3. The molecular formula is C22H25N3O4. The second kappa shape index (κ2) is 8.43. The Labute approximate surface area is 170 Å². The van der Waals surface area contributed by atoms with Gasteiger partial charge in [-0.1, -0.05) is 6.07 Å². The Morgan fingerprint density at radius 2 is 1.97 bits per heavy atom. The molecular weight excluding hydrogens is 370 g/mol. The molecule has 0 unspecified atom stereocenters. The van der Waals surface area contributed by atoms with Crippen LogP contribution in [-0.2, 0) is 0 Å². The van der Waals surface area contributed by atoms with Crippen LogP contribution in [0.3, 0.4) is 0 Å². The third-order valence-corrected chi connectivity index (χ3v) is 5.29. The Hall–Kier alpha value is -3.22. The van der Waals surface area contributed by atoms with E-state index in [1.54, 1.807) is 48.4 Å². The Morgan fingerprint density at radius 3 is 2.69 bits per heavy atom. The second-order valence-electron chi connectivity index (χ2n) is 7.28. The third kappa shape index (κ3) is 4.29. The maximum Gasteiger partial charge on any atom is 0.321 e. The molecule has 0 aromatic heterocycles. The maximum absolute atomic E-state index is 12.8. The van der Waals surface area contributed by atoms with Crippen molar-refractivity contribution in [3.8, 4) is 11.5 Å². The molecule has 29 heavy (non-hydrogen) atoms. The van der Waals surface area contributed by atoms with Crippen LogP contribution in [0.4, 0.5) is 16.2 Å². The lowest BCUT2D eigenvalue weighted by molar-refractivity contribution is 0.102. The van der Waals surface area contributed by atoms with Gasteiger partial charge >= 0.3 is 6.03 Å². The summed E-state index contributed by atoms with van der Waals surface area (Å²) in [6.07, 6.45) is 4.62. The van der Waals surface area contributed by atoms with Crippen LogP contribution in [-0.4, -0.2) is 38.2 Å². The number of carbonyl (C=O) groups excluding carboxylic acids is 2. The predicted molar refractivity (Wildman–Crippen MR) is 111 cm³/mol. The Bertz CT molecular complexity index is 909. The number of benzene rings is 2. The van der Waals surface area contributed by atoms with Gasteiger partial charge in [0.2, 0.25) is 0 Å². The van der Waals surface area contributed by atoms with E-state index in [0.717, 1.165) is 12.8 Å². The fourth-order valence-corrected chi connectivity index (χ4v) is 3.77. The van der Waals surface area contributed by atoms with Crippen LogP contribution in [0.1, 0.15) is 36.0 Å². The van der Waals surface area contributed by atoms with Gasteiger partial charge in [0, 0.05) is 36.1 Å². The molecule has 0 spiro atoms. The van der Waals surface area contributed by atoms with Gasteiger partial charge in [-0.2, -0.15) is 0 Å². The Kier molecular flexibility index (Phi) is 5.55. The summed E-state index contributed by atoms with van der Waals surface area (Å²) in [5.41, 5.74) is 1.82. The summed E-state index contributed by atoms with van der Waals surface area (Å²) >= 11 is 0. The van der Waals surface area contributed by atoms with Gasteiger partial charge in [-0.05, 0) is 56.0 Å². The first kappa shape index (κ1) is 19.1. The molecule has 2 aromatic carbocycles. The van der Waals surface area contributed by atoms with Crippen LogP contribution in [0.25, 0.3) is 0 Å². The minimum atomic E-state index is -0.247. The van der Waals surface area contributed by atoms with Gasteiger partial charge < -0.3 is 20.1 Å². The monoisotopic (exact) mass is 395 g/mol. The standard InChI is InChI=1S/C22H25N3O4/c1-28-19-10-9-16(14-20(19)29-18-7-2-3-8-18)24-21(26)15-5-4-6-17(13-15)25-12-11-23-22(25)27/h4-6,9-10,13-14,18H,2-3,7-8,11-12H2,1H3,(H,23,27)(H,24,26). The Balaban J connectivity index is 1.50. The number of methoxy groups -OCH3 is 1. The number of carbonyl (C=O) groups is 2. The first-order chi connectivity index (χ1) is 14.1. The molecule has 2 fully saturated rings. The van der Waals surface area contributed by atoms with Gasteiger partial charge in [0.25, 0.3) is 5.91 Å². The minimum absolute atomic E-state index is 0.147. The van der Waals surface area contributed by atoms with Crippen molar-refractivity contribution in [2.24, 2.45) is 0 Å². The van der Waals surface area contributed by atoms with E-state index in [1.807, 2.05) is 6.07 Å². The topological polar surface area (TPSA) is 79.9 Å². The zero-order valence-corrected chi connectivity index (χ0v) is 16.4. The number of anilines is 2. The van der Waals surface area contributed by atoms with Crippen molar-refractivity contribution in [1.29, 1.82) is 0 Å². The van der Waals surface area contributed by atoms with E-state index in [2.05, 4.69) is 10.6 Å². The molecule has 2 N–H and O–H groups in total. The normalized spacial score (nSPS) is 16.6. The van der Waals surface area contributed by atoms with Crippen molar-refractivity contribution in [1.82, 2.24) is 5.32 Å². The van der Waals surface area contributed by atoms with Crippen LogP contribution in [0.5, 0.6) is 11.5 Å². The third-order valence-electron chi connectivity index (χ3n) is 5.29. The van der Waals surface area contributed by atoms with E-state index < -0.39 is 0 Å². The van der Waals surface area contributed by atoms with E-state index in [-0.39, 0.29) is 18.0 Å². The molecule has 1 aliphatic heterocycles. The summed E-state index contributed by atoms with van der Waals surface area (Å²) in [6, 6.07) is 12.3. The zero-order valence-electron chi connectivity index (χ0n) is 16.4. The molecule has 1 aliphatic carbocycles. The fraction of sp³-hybridized carbons (Fsp3) is 0.364. The smallest absolute Gasteiger partial charge is 0.321 e. The first-order valence-electron chi connectivity index (χ1n) is 9.95. The highest BCUT2D eigenvalue weighted by Gasteiger charge is 2.22. The number of nitrogens with one attached hydrogen (secondary N) is 2. The van der Waals surface area contributed by atoms with Gasteiger partial charge in [0.1, 0.15) is 0 Å². The van der Waals surface area contributed by atoms with Gasteiger partial charge in [0.05, 0.1) is 13.2 Å². The molecule has 7 heteroatoms. The van der Waals surface area contributed by atoms with E-state index >= 15 is 0 Å². The van der Waals surface area contributed by atoms with E-state index in [0.29, 0.717) is 41.5 Å². The molecule has 0 radical (unpaired) electrons. The van der Waals surface area contributed by atoms with Crippen molar-refractivity contribution in [3.63, 3.8) is 0 Å². The molecule has 3 amide bonds. The molecule has 2 aromatic rings. The minimum Gasteiger partial charge on any atom is -0.493 e. The van der Waals surface area contributed by atoms with Crippen LogP contribution in [0, 0.1) is 0 Å². The first-order valence-corrected chi connectivity index (χ1v) is 9.95. The molecule has 0 bridgehead atoms. The summed E-state index contributed by atoms with van der Waals surface area (Å²) in [7, 11) is 1.61. The number of rotatable bonds is 6. The lowest BCUT2D eigenvalue weighted by Gasteiger charge is -2.17. The average molecular weight is 395 g/mol. The molecule has 7 nitrogen and oxygen atoms in total. The van der Waals surface area contributed by atoms with Crippen molar-refractivity contribution < 1.29 is 19.1 Å². The van der Waals surface area contributed by atoms with Gasteiger partial charge in [-0.3, -0.25) is 9.69 Å². The highest BCUT2D eigenvalue weighted by molar-refractivity contribution is 6.05. The number of urea groups is 1. The van der Waals surface area contributed by atoms with Crippen LogP contribution in [0.15, 0.2) is 42.5 Å². The number of ether oxygens (including phenoxy) is 2. The summed E-state index contributed by atoms with van der Waals surface area (Å²) in [6.45, 7) is 1.19. The number of nitrogens with zero attached hydrogens (tertiary/aromatic N) is 1. The predicted octanol–water partition coefficient (Wildman–Crippen LogP) is 3.80. The van der Waals surface area contributed by atoms with Crippen molar-refractivity contribution in [3.05, 3.63) is 48.0 Å². The number of hydrogen-bond donors (Lipinski definition) is 2. The summed E-state index contributed by atoms with van der Waals surface area (Å²) < 4.78 is 11.5. The molecule has 1 saturated carbocycles. The maximum atomic E-state index is 12.8. The van der Waals surface area contributed by atoms with Gasteiger partial charge in [-0.15, -0.1) is 0 Å². The van der Waals surface area contributed by atoms with Crippen LogP contribution >= 0.6 is 0 Å². The highest BCUT2D eigenvalue weighted by Crippen LogP contribution is 2.34. The Morgan fingerprint density at radius 1 is 1.14 bits per heavy atom. The van der Waals surface area contributed by atoms with E-state index in [4.69, 9.17) is 9.47 Å². The van der Waals surface area contributed by atoms with Crippen molar-refractivity contribution in [2.75, 3.05) is 30.4 Å². The summed E-state index contributed by atoms with van der Waals surface area (Å²) in [5.74, 6) is 1.04. The van der Waals surface area contributed by atoms with Gasteiger partial charge in [0.15, 0.2) is 11.5 Å². The number of hydrogen-bond acceptors (Lipinski definition) is 4. The van der Waals surface area contributed by atoms with E-state index in [1.165, 1.54) is 12.8 Å². The highest BCUT2D eigenvalue weighted by atomic mass is 16.5. The van der Waals surface area contributed by atoms with Crippen LogP contribution < -0.4 is 25.0 Å². The molecule has 0 atom stereocenters.